The van der Waals surface area contributed by atoms with Crippen LogP contribution in [0.5, 0.6) is 5.88 Å². The van der Waals surface area contributed by atoms with Gasteiger partial charge in [-0.3, -0.25) is 9.69 Å². The lowest BCUT2D eigenvalue weighted by Crippen LogP contribution is -2.43. The number of amides is 1. The van der Waals surface area contributed by atoms with Crippen molar-refractivity contribution in [2.75, 3.05) is 37.6 Å². The first-order valence-electron chi connectivity index (χ1n) is 12.7. The minimum absolute atomic E-state index is 0.00779. The number of rotatable bonds is 8. The summed E-state index contributed by atoms with van der Waals surface area (Å²) >= 11 is 0. The first-order chi connectivity index (χ1) is 16.5. The van der Waals surface area contributed by atoms with Crippen LogP contribution in [0.4, 0.5) is 10.1 Å². The number of pyridine rings is 1. The molecule has 6 nitrogen and oxygen atoms in total. The Morgan fingerprint density at radius 1 is 1.18 bits per heavy atom. The van der Waals surface area contributed by atoms with Crippen molar-refractivity contribution < 1.29 is 13.9 Å². The Morgan fingerprint density at radius 3 is 2.59 bits per heavy atom. The number of halogens is 1. The molecule has 1 amide bonds. The van der Waals surface area contributed by atoms with Crippen molar-refractivity contribution in [3.8, 4) is 5.88 Å². The van der Waals surface area contributed by atoms with Crippen molar-refractivity contribution in [3.05, 3.63) is 53.5 Å². The van der Waals surface area contributed by atoms with Gasteiger partial charge in [0, 0.05) is 56.9 Å². The highest BCUT2D eigenvalue weighted by Crippen LogP contribution is 2.31. The smallest absolute Gasteiger partial charge is 0.230 e. The molecule has 184 valence electrons. The second-order valence-corrected chi connectivity index (χ2v) is 9.53. The number of benzene rings is 1. The molecule has 2 heterocycles. The molecule has 0 radical (unpaired) electrons. The summed E-state index contributed by atoms with van der Waals surface area (Å²) in [6.45, 7) is 10.2. The Balaban J connectivity index is 1.36. The number of hydrogen-bond donors (Lipinski definition) is 1. The van der Waals surface area contributed by atoms with Crippen LogP contribution in [-0.2, 0) is 11.3 Å². The van der Waals surface area contributed by atoms with Gasteiger partial charge in [0.2, 0.25) is 11.8 Å². The summed E-state index contributed by atoms with van der Waals surface area (Å²) in [6, 6.07) is 9.41. The Morgan fingerprint density at radius 2 is 1.94 bits per heavy atom. The van der Waals surface area contributed by atoms with Crippen molar-refractivity contribution >= 4 is 11.6 Å². The van der Waals surface area contributed by atoms with Crippen LogP contribution >= 0.6 is 0 Å². The maximum atomic E-state index is 13.5. The van der Waals surface area contributed by atoms with Crippen LogP contribution in [0.15, 0.2) is 36.5 Å². The summed E-state index contributed by atoms with van der Waals surface area (Å²) in [7, 11) is 0. The number of ether oxygens (including phenoxy) is 1. The maximum Gasteiger partial charge on any atom is 0.230 e. The predicted octanol–water partition coefficient (Wildman–Crippen LogP) is 4.32. The third-order valence-corrected chi connectivity index (χ3v) is 6.97. The van der Waals surface area contributed by atoms with Gasteiger partial charge >= 0.3 is 0 Å². The van der Waals surface area contributed by atoms with Crippen LogP contribution in [0.3, 0.4) is 0 Å². The minimum Gasteiger partial charge on any atom is -0.474 e. The summed E-state index contributed by atoms with van der Waals surface area (Å²) in [5.74, 6) is 0.299. The first kappa shape index (κ1) is 24.6. The van der Waals surface area contributed by atoms with Crippen molar-refractivity contribution in [2.24, 2.45) is 5.92 Å². The Bertz CT molecular complexity index is 938. The van der Waals surface area contributed by atoms with Crippen LogP contribution in [0.2, 0.25) is 0 Å². The van der Waals surface area contributed by atoms with Crippen molar-refractivity contribution in [1.29, 1.82) is 0 Å². The van der Waals surface area contributed by atoms with Crippen LogP contribution < -0.4 is 15.0 Å². The van der Waals surface area contributed by atoms with Gasteiger partial charge in [-0.25, -0.2) is 9.37 Å². The molecule has 34 heavy (non-hydrogen) atoms. The molecule has 0 atom stereocenters. The summed E-state index contributed by atoms with van der Waals surface area (Å²) < 4.78 is 19.0. The molecule has 2 aliphatic rings. The Hall–Kier alpha value is -2.51. The van der Waals surface area contributed by atoms with Gasteiger partial charge in [0.05, 0.1) is 6.20 Å². The van der Waals surface area contributed by atoms with E-state index in [4.69, 9.17) is 4.74 Å². The number of aryl methyl sites for hydroxylation is 1. The number of anilines is 1. The second-order valence-electron chi connectivity index (χ2n) is 9.53. The number of hydrogen-bond acceptors (Lipinski definition) is 5. The number of carbonyl (C=O) groups is 1. The van der Waals surface area contributed by atoms with E-state index in [1.54, 1.807) is 6.07 Å². The SMILES string of the molecule is CCCN(C(=O)C1CCC(Oc2ccc(F)cn2)CC1)c1ccc(CN2CCNCC2)c(C)c1. The molecule has 4 rings (SSSR count). The fourth-order valence-corrected chi connectivity index (χ4v) is 4.98. The zero-order chi connectivity index (χ0) is 23.9. The highest BCUT2D eigenvalue weighted by molar-refractivity contribution is 5.95. The molecular weight excluding hydrogens is 431 g/mol. The molecule has 2 aromatic rings. The van der Waals surface area contributed by atoms with Gasteiger partial charge < -0.3 is 15.0 Å². The van der Waals surface area contributed by atoms with E-state index in [0.717, 1.165) is 77.1 Å². The molecule has 2 fully saturated rings. The fraction of sp³-hybridized carbons (Fsp3) is 0.556. The van der Waals surface area contributed by atoms with Gasteiger partial charge in [-0.2, -0.15) is 0 Å². The number of piperazine rings is 1. The van der Waals surface area contributed by atoms with Crippen molar-refractivity contribution in [3.63, 3.8) is 0 Å². The molecule has 1 aromatic carbocycles. The topological polar surface area (TPSA) is 57.7 Å². The molecule has 1 N–H and O–H groups in total. The summed E-state index contributed by atoms with van der Waals surface area (Å²) in [4.78, 5) is 22.0. The summed E-state index contributed by atoms with van der Waals surface area (Å²) in [5, 5.41) is 3.40. The second kappa shape index (κ2) is 11.8. The van der Waals surface area contributed by atoms with E-state index >= 15 is 0 Å². The van der Waals surface area contributed by atoms with Gasteiger partial charge in [-0.05, 0) is 68.4 Å². The van der Waals surface area contributed by atoms with Crippen molar-refractivity contribution in [1.82, 2.24) is 15.2 Å². The lowest BCUT2D eigenvalue weighted by molar-refractivity contribution is -0.123. The average molecular weight is 469 g/mol. The van der Waals surface area contributed by atoms with Crippen LogP contribution in [0.1, 0.15) is 50.2 Å². The van der Waals surface area contributed by atoms with E-state index in [9.17, 15) is 9.18 Å². The first-order valence-corrected chi connectivity index (χ1v) is 12.7. The number of carbonyl (C=O) groups excluding carboxylic acids is 1. The monoisotopic (exact) mass is 468 g/mol. The zero-order valence-corrected chi connectivity index (χ0v) is 20.4. The quantitative estimate of drug-likeness (QED) is 0.626. The van der Waals surface area contributed by atoms with Crippen LogP contribution in [-0.4, -0.2) is 54.6 Å². The van der Waals surface area contributed by atoms with E-state index in [1.807, 2.05) is 4.90 Å². The molecular formula is C27H37FN4O2. The van der Waals surface area contributed by atoms with Crippen LogP contribution in [0, 0.1) is 18.7 Å². The molecule has 1 aliphatic carbocycles. The molecule has 0 spiro atoms. The largest absolute Gasteiger partial charge is 0.474 e. The normalized spacial score (nSPS) is 21.3. The third kappa shape index (κ3) is 6.33. The predicted molar refractivity (Wildman–Crippen MR) is 133 cm³/mol. The van der Waals surface area contributed by atoms with Gasteiger partial charge in [0.1, 0.15) is 11.9 Å². The van der Waals surface area contributed by atoms with E-state index in [1.165, 1.54) is 23.4 Å². The fourth-order valence-electron chi connectivity index (χ4n) is 4.98. The van der Waals surface area contributed by atoms with Gasteiger partial charge in [0.25, 0.3) is 0 Å². The Labute approximate surface area is 202 Å². The Kier molecular flexibility index (Phi) is 8.51. The number of aromatic nitrogens is 1. The number of nitrogens with one attached hydrogen (secondary N) is 1. The lowest BCUT2D eigenvalue weighted by atomic mass is 9.86. The standard InChI is InChI=1S/C27H37FN4O2/c1-3-14-32(24-8-4-22(20(2)17-24)19-31-15-12-29-13-16-31)27(33)21-5-9-25(10-6-21)34-26-11-7-23(28)18-30-26/h4,7-8,11,17-18,21,25,29H,3,5-6,9-10,12-16,19H2,1-2H3. The van der Waals surface area contributed by atoms with E-state index in [2.05, 4.69) is 47.2 Å². The molecule has 1 aliphatic heterocycles. The van der Waals surface area contributed by atoms with Gasteiger partial charge in [-0.15, -0.1) is 0 Å². The molecule has 1 saturated carbocycles. The maximum absolute atomic E-state index is 13.5. The highest BCUT2D eigenvalue weighted by Gasteiger charge is 2.31. The molecule has 1 aromatic heterocycles. The van der Waals surface area contributed by atoms with Gasteiger partial charge in [-0.1, -0.05) is 13.0 Å². The van der Waals surface area contributed by atoms with Gasteiger partial charge in [0.15, 0.2) is 0 Å². The lowest BCUT2D eigenvalue weighted by Gasteiger charge is -2.32. The van der Waals surface area contributed by atoms with Crippen LogP contribution in [0.25, 0.3) is 0 Å². The molecule has 1 saturated heterocycles. The van der Waals surface area contributed by atoms with E-state index < -0.39 is 0 Å². The highest BCUT2D eigenvalue weighted by atomic mass is 19.1. The minimum atomic E-state index is -0.371. The molecule has 7 heteroatoms. The van der Waals surface area contributed by atoms with Crippen molar-refractivity contribution in [2.45, 2.75) is 58.6 Å². The van der Waals surface area contributed by atoms with E-state index in [-0.39, 0.29) is 23.7 Å². The number of nitrogens with zero attached hydrogens (tertiary/aromatic N) is 3. The molecule has 0 bridgehead atoms. The average Bonchev–Trinajstić information content (AvgIpc) is 2.86. The van der Waals surface area contributed by atoms with E-state index in [0.29, 0.717) is 5.88 Å². The zero-order valence-electron chi connectivity index (χ0n) is 20.4. The third-order valence-electron chi connectivity index (χ3n) is 6.97. The summed E-state index contributed by atoms with van der Waals surface area (Å²) in [5.41, 5.74) is 3.58. The summed E-state index contributed by atoms with van der Waals surface area (Å²) in [6.07, 6.45) is 5.31. The molecule has 0 unspecified atom stereocenters.